The highest BCUT2D eigenvalue weighted by Gasteiger charge is 2.33. The molecular formula is C46H52ClN7O8S2. The second-order valence-electron chi connectivity index (χ2n) is 17.9. The van der Waals surface area contributed by atoms with Crippen molar-refractivity contribution in [1.82, 2.24) is 19.6 Å². The molecule has 1 aliphatic carbocycles. The number of nitrogens with one attached hydrogen (secondary N) is 2. The normalized spacial score (nSPS) is 18.0. The lowest BCUT2D eigenvalue weighted by Crippen LogP contribution is -2.47. The van der Waals surface area contributed by atoms with Crippen molar-refractivity contribution in [2.75, 3.05) is 63.3 Å². The van der Waals surface area contributed by atoms with E-state index in [1.165, 1.54) is 47.6 Å². The molecule has 18 heteroatoms. The molecule has 0 bridgehead atoms. The summed E-state index contributed by atoms with van der Waals surface area (Å²) in [5, 5.41) is 13.8. The highest BCUT2D eigenvalue weighted by molar-refractivity contribution is 7.92. The maximum Gasteiger partial charge on any atom is 0.277 e. The first-order chi connectivity index (χ1) is 30.4. The Balaban J connectivity index is 1.02. The number of carbonyl (C=O) groups excluding carboxylic acids is 1. The van der Waals surface area contributed by atoms with E-state index in [2.05, 4.69) is 54.8 Å². The molecule has 0 unspecified atom stereocenters. The van der Waals surface area contributed by atoms with Crippen LogP contribution in [0, 0.1) is 21.4 Å². The van der Waals surface area contributed by atoms with Crippen LogP contribution in [0.2, 0.25) is 5.02 Å². The van der Waals surface area contributed by atoms with Crippen LogP contribution in [-0.2, 0) is 26.2 Å². The zero-order valence-electron chi connectivity index (χ0n) is 36.3. The molecule has 8 rings (SSSR count). The highest BCUT2D eigenvalue weighted by Crippen LogP contribution is 2.44. The Morgan fingerprint density at radius 2 is 1.83 bits per heavy atom. The fraction of sp³-hybridized carbons (Fsp3) is 0.391. The van der Waals surface area contributed by atoms with Crippen molar-refractivity contribution in [3.8, 4) is 17.2 Å². The number of carbonyl (C=O) groups is 1. The number of anilines is 1. The summed E-state index contributed by atoms with van der Waals surface area (Å²) < 4.78 is 58.2. The Labute approximate surface area is 378 Å². The molecule has 5 aromatic rings. The van der Waals surface area contributed by atoms with Crippen molar-refractivity contribution < 1.29 is 31.8 Å². The number of piperazine rings is 1. The third-order valence-electron chi connectivity index (χ3n) is 12.1. The van der Waals surface area contributed by atoms with Gasteiger partial charge in [-0.2, -0.15) is 0 Å². The molecule has 1 atom stereocenters. The van der Waals surface area contributed by atoms with E-state index in [0.717, 1.165) is 61.1 Å². The predicted molar refractivity (Wildman–Crippen MR) is 250 cm³/mol. The first kappa shape index (κ1) is 45.1. The van der Waals surface area contributed by atoms with E-state index in [1.54, 1.807) is 24.4 Å². The minimum absolute atomic E-state index is 0.0486. The number of aromatic amines is 1. The maximum atomic E-state index is 14.0. The fourth-order valence-corrected chi connectivity index (χ4v) is 10.3. The van der Waals surface area contributed by atoms with Crippen molar-refractivity contribution in [2.45, 2.75) is 50.8 Å². The number of pyridine rings is 1. The van der Waals surface area contributed by atoms with Crippen LogP contribution in [0.25, 0.3) is 16.6 Å². The van der Waals surface area contributed by atoms with E-state index in [-0.39, 0.29) is 47.0 Å². The van der Waals surface area contributed by atoms with Gasteiger partial charge < -0.3 is 19.4 Å². The molecular weight excluding hydrogens is 878 g/mol. The third kappa shape index (κ3) is 10.5. The van der Waals surface area contributed by atoms with Gasteiger partial charge in [0.25, 0.3) is 21.6 Å². The van der Waals surface area contributed by atoms with E-state index >= 15 is 0 Å². The van der Waals surface area contributed by atoms with Crippen molar-refractivity contribution in [3.05, 3.63) is 117 Å². The average Bonchev–Trinajstić information content (AvgIpc) is 3.72. The summed E-state index contributed by atoms with van der Waals surface area (Å²) in [6, 6.07) is 18.9. The lowest BCUT2D eigenvalue weighted by molar-refractivity contribution is -0.386. The number of amides is 1. The molecule has 0 radical (unpaired) electrons. The number of allylic oxidation sites excluding steroid dienone is 1. The van der Waals surface area contributed by atoms with Gasteiger partial charge in [-0.1, -0.05) is 43.2 Å². The number of sulfonamides is 1. The highest BCUT2D eigenvalue weighted by atomic mass is 35.5. The summed E-state index contributed by atoms with van der Waals surface area (Å²) in [6.07, 6.45) is 10.2. The first-order valence-corrected chi connectivity index (χ1v) is 25.4. The topological polar surface area (TPSA) is 189 Å². The summed E-state index contributed by atoms with van der Waals surface area (Å²) >= 11 is 6.24. The van der Waals surface area contributed by atoms with Gasteiger partial charge in [0.1, 0.15) is 22.9 Å². The van der Waals surface area contributed by atoms with Gasteiger partial charge >= 0.3 is 0 Å². The van der Waals surface area contributed by atoms with Gasteiger partial charge in [0, 0.05) is 102 Å². The Hall–Kier alpha value is -5.49. The summed E-state index contributed by atoms with van der Waals surface area (Å²) in [6.45, 7) is 9.01. The molecule has 2 aliphatic heterocycles. The van der Waals surface area contributed by atoms with Gasteiger partial charge in [-0.15, -0.1) is 0 Å². The zero-order chi connectivity index (χ0) is 45.4. The van der Waals surface area contributed by atoms with Crippen LogP contribution in [0.5, 0.6) is 17.2 Å². The monoisotopic (exact) mass is 929 g/mol. The predicted octanol–water partition coefficient (Wildman–Crippen LogP) is 8.49. The SMILES string of the molecule is CC1(C)CCC(CN2CCN(c3ccc(C(=O)NS(=O)(=O)c4cc5c(c([N+](=O)[O-])c4)C[C@@H](CCN=S(C)(C)=O)CO5)c(Oc4cnc5[nH]ccc5c4)c3)CC2)=C(c2ccc(Cl)cc2)C1. The van der Waals surface area contributed by atoms with Crippen LogP contribution in [0.4, 0.5) is 11.4 Å². The quantitative estimate of drug-likeness (QED) is 0.0851. The minimum Gasteiger partial charge on any atom is -0.493 e. The second kappa shape index (κ2) is 18.2. The lowest BCUT2D eigenvalue weighted by Gasteiger charge is -2.39. The van der Waals surface area contributed by atoms with Crippen molar-refractivity contribution in [3.63, 3.8) is 0 Å². The van der Waals surface area contributed by atoms with Gasteiger partial charge in [-0.05, 0) is 91.0 Å². The second-order valence-corrected chi connectivity index (χ2v) is 22.6. The molecule has 0 spiro atoms. The number of rotatable bonds is 13. The van der Waals surface area contributed by atoms with E-state index in [1.807, 2.05) is 18.2 Å². The van der Waals surface area contributed by atoms with Gasteiger partial charge in [0.15, 0.2) is 0 Å². The number of benzene rings is 3. The smallest absolute Gasteiger partial charge is 0.277 e. The Morgan fingerprint density at radius 3 is 2.56 bits per heavy atom. The molecule has 64 heavy (non-hydrogen) atoms. The number of nitrogens with zero attached hydrogens (tertiary/aromatic N) is 5. The van der Waals surface area contributed by atoms with Crippen LogP contribution >= 0.6 is 11.6 Å². The van der Waals surface area contributed by atoms with E-state index in [4.69, 9.17) is 21.1 Å². The van der Waals surface area contributed by atoms with E-state index in [9.17, 15) is 27.5 Å². The van der Waals surface area contributed by atoms with Crippen LogP contribution in [0.3, 0.4) is 0 Å². The zero-order valence-corrected chi connectivity index (χ0v) is 38.7. The van der Waals surface area contributed by atoms with E-state index in [0.29, 0.717) is 37.5 Å². The van der Waals surface area contributed by atoms with Crippen molar-refractivity contribution >= 4 is 65.2 Å². The number of halogens is 1. The molecule has 4 heterocycles. The first-order valence-electron chi connectivity index (χ1n) is 21.2. The Kier molecular flexibility index (Phi) is 12.8. The number of fused-ring (bicyclic) bond motifs is 2. The molecule has 2 N–H and O–H groups in total. The minimum atomic E-state index is -4.66. The molecule has 1 amide bonds. The summed E-state index contributed by atoms with van der Waals surface area (Å²) in [4.78, 5) is 37.3. The van der Waals surface area contributed by atoms with Crippen LogP contribution in [0.15, 0.2) is 94.0 Å². The average molecular weight is 931 g/mol. The number of aromatic nitrogens is 2. The maximum absolute atomic E-state index is 14.0. The molecule has 15 nitrogen and oxygen atoms in total. The van der Waals surface area contributed by atoms with Gasteiger partial charge in [0.05, 0.1) is 33.7 Å². The van der Waals surface area contributed by atoms with Crippen LogP contribution in [-0.4, -0.2) is 96.7 Å². The number of nitro groups is 1. The molecule has 3 aromatic carbocycles. The molecule has 3 aliphatic rings. The Morgan fingerprint density at radius 1 is 1.06 bits per heavy atom. The number of hydrogen-bond donors (Lipinski definition) is 2. The number of H-pyrrole nitrogens is 1. The molecule has 0 saturated carbocycles. The van der Waals surface area contributed by atoms with Gasteiger partial charge in [-0.25, -0.2) is 22.5 Å². The molecule has 1 saturated heterocycles. The number of hydrogen-bond acceptors (Lipinski definition) is 12. The molecule has 2 aromatic heterocycles. The number of ether oxygens (including phenoxy) is 2. The van der Waals surface area contributed by atoms with Gasteiger partial charge in [0.2, 0.25) is 0 Å². The standard InChI is InChI=1S/C46H52ClN7O8S2/c1-46(2)14-11-33(40(26-46)31-5-7-34(47)8-6-31)28-52-17-19-53(20-18-52)35-9-10-38(43(23-35)62-36-22-32-13-15-48-44(32)49-27-36)45(55)51-64(59,60)37-24-41(54(56)57)39-21-30(29-61-42(39)25-37)12-16-50-63(3,4)58/h5-10,13,15,22-25,27,30H,11-12,14,16-21,26,28-29H2,1-4H3,(H,48,49)(H,51,55)/t30-/m1/s1. The number of nitro benzene ring substituents is 1. The molecule has 1 fully saturated rings. The van der Waals surface area contributed by atoms with Crippen molar-refractivity contribution in [1.29, 1.82) is 0 Å². The summed E-state index contributed by atoms with van der Waals surface area (Å²) in [7, 11) is -6.96. The summed E-state index contributed by atoms with van der Waals surface area (Å²) in [5.41, 5.74) is 5.47. The molecule has 338 valence electrons. The Bertz CT molecular complexity index is 2870. The lowest BCUT2D eigenvalue weighted by atomic mass is 9.72. The van der Waals surface area contributed by atoms with Gasteiger partial charge in [-0.3, -0.25) is 24.0 Å². The van der Waals surface area contributed by atoms with Crippen LogP contribution in [0.1, 0.15) is 61.0 Å². The van der Waals surface area contributed by atoms with Crippen LogP contribution < -0.4 is 19.1 Å². The third-order valence-corrected chi connectivity index (χ3v) is 14.5. The summed E-state index contributed by atoms with van der Waals surface area (Å²) in [5.74, 6) is -0.660. The van der Waals surface area contributed by atoms with Crippen molar-refractivity contribution in [2.24, 2.45) is 15.7 Å². The fourth-order valence-electron chi connectivity index (χ4n) is 8.67. The van der Waals surface area contributed by atoms with E-state index < -0.39 is 41.2 Å². The largest absolute Gasteiger partial charge is 0.493 e.